The molecule has 0 aromatic carbocycles. The summed E-state index contributed by atoms with van der Waals surface area (Å²) in [6.45, 7) is 1.05. The Morgan fingerprint density at radius 3 is 3.07 bits per heavy atom. The van der Waals surface area contributed by atoms with E-state index in [2.05, 4.69) is 5.32 Å². The van der Waals surface area contributed by atoms with Gasteiger partial charge in [-0.05, 0) is 18.8 Å². The van der Waals surface area contributed by atoms with E-state index in [1.54, 1.807) is 4.90 Å². The number of carboxylic acid groups (broad SMARTS) is 1. The SMILES string of the molecule is O=C(O)CCN1CC2CCCC2NC1=O. The second-order valence-electron chi connectivity index (χ2n) is 4.34. The van der Waals surface area contributed by atoms with Crippen molar-refractivity contribution in [1.82, 2.24) is 10.2 Å². The predicted octanol–water partition coefficient (Wildman–Crippen LogP) is 0.655. The Kier molecular flexibility index (Phi) is 2.79. The predicted molar refractivity (Wildman–Crippen MR) is 53.5 cm³/mol. The number of amides is 2. The average Bonchev–Trinajstić information content (AvgIpc) is 2.60. The minimum atomic E-state index is -0.851. The number of nitrogens with zero attached hydrogens (tertiary/aromatic N) is 1. The van der Waals surface area contributed by atoms with Crippen LogP contribution in [0.1, 0.15) is 25.7 Å². The molecule has 1 saturated carbocycles. The van der Waals surface area contributed by atoms with Crippen molar-refractivity contribution in [2.75, 3.05) is 13.1 Å². The van der Waals surface area contributed by atoms with Gasteiger partial charge in [0.05, 0.1) is 6.42 Å². The van der Waals surface area contributed by atoms with Gasteiger partial charge in [-0.2, -0.15) is 0 Å². The minimum absolute atomic E-state index is 0.0325. The standard InChI is InChI=1S/C10H16N2O3/c13-9(14)4-5-12-6-7-2-1-3-8(7)11-10(12)15/h7-8H,1-6H2,(H,11,15)(H,13,14). The average molecular weight is 212 g/mol. The number of fused-ring (bicyclic) bond motifs is 1. The van der Waals surface area contributed by atoms with Crippen molar-refractivity contribution in [1.29, 1.82) is 0 Å². The van der Waals surface area contributed by atoms with E-state index in [4.69, 9.17) is 5.11 Å². The van der Waals surface area contributed by atoms with Crippen LogP contribution in [0.25, 0.3) is 0 Å². The molecule has 15 heavy (non-hydrogen) atoms. The summed E-state index contributed by atoms with van der Waals surface area (Å²) in [6, 6.07) is 0.234. The molecule has 2 N–H and O–H groups in total. The second kappa shape index (κ2) is 4.08. The smallest absolute Gasteiger partial charge is 0.317 e. The number of urea groups is 1. The summed E-state index contributed by atoms with van der Waals surface area (Å²) in [6.07, 6.45) is 3.42. The Bertz CT molecular complexity index is 280. The van der Waals surface area contributed by atoms with Crippen molar-refractivity contribution in [2.24, 2.45) is 5.92 Å². The maximum Gasteiger partial charge on any atom is 0.317 e. The zero-order chi connectivity index (χ0) is 10.8. The van der Waals surface area contributed by atoms with Crippen molar-refractivity contribution in [3.05, 3.63) is 0 Å². The first-order valence-corrected chi connectivity index (χ1v) is 5.44. The van der Waals surface area contributed by atoms with Crippen molar-refractivity contribution < 1.29 is 14.7 Å². The van der Waals surface area contributed by atoms with Crippen LogP contribution in [-0.4, -0.2) is 41.1 Å². The second-order valence-corrected chi connectivity index (χ2v) is 4.34. The number of nitrogens with one attached hydrogen (secondary N) is 1. The van der Waals surface area contributed by atoms with Gasteiger partial charge in [0.25, 0.3) is 0 Å². The molecule has 1 aliphatic heterocycles. The molecule has 1 saturated heterocycles. The highest BCUT2D eigenvalue weighted by Crippen LogP contribution is 2.29. The quantitative estimate of drug-likeness (QED) is 0.721. The van der Waals surface area contributed by atoms with Crippen LogP contribution in [0.5, 0.6) is 0 Å². The molecule has 2 amide bonds. The highest BCUT2D eigenvalue weighted by Gasteiger charge is 2.36. The monoisotopic (exact) mass is 212 g/mol. The van der Waals surface area contributed by atoms with Crippen LogP contribution < -0.4 is 5.32 Å². The zero-order valence-corrected chi connectivity index (χ0v) is 8.61. The molecular weight excluding hydrogens is 196 g/mol. The van der Waals surface area contributed by atoms with Crippen LogP contribution >= 0.6 is 0 Å². The third-order valence-corrected chi connectivity index (χ3v) is 3.31. The Hall–Kier alpha value is -1.26. The molecular formula is C10H16N2O3. The van der Waals surface area contributed by atoms with E-state index in [9.17, 15) is 9.59 Å². The highest BCUT2D eigenvalue weighted by molar-refractivity contribution is 5.76. The molecule has 1 aliphatic carbocycles. The maximum atomic E-state index is 11.6. The Labute approximate surface area is 88.4 Å². The number of rotatable bonds is 3. The van der Waals surface area contributed by atoms with E-state index in [0.717, 1.165) is 19.4 Å². The first-order valence-electron chi connectivity index (χ1n) is 5.44. The lowest BCUT2D eigenvalue weighted by molar-refractivity contribution is -0.137. The van der Waals surface area contributed by atoms with E-state index in [-0.39, 0.29) is 12.5 Å². The molecule has 5 heteroatoms. The third-order valence-electron chi connectivity index (χ3n) is 3.31. The maximum absolute atomic E-state index is 11.6. The molecule has 2 unspecified atom stereocenters. The molecule has 0 spiro atoms. The van der Waals surface area contributed by atoms with Gasteiger partial charge in [0.1, 0.15) is 0 Å². The summed E-state index contributed by atoms with van der Waals surface area (Å²) in [5.41, 5.74) is 0. The summed E-state index contributed by atoms with van der Waals surface area (Å²) in [5, 5.41) is 11.5. The molecule has 2 atom stereocenters. The van der Waals surface area contributed by atoms with Gasteiger partial charge < -0.3 is 15.3 Å². The summed E-state index contributed by atoms with van der Waals surface area (Å²) in [5.74, 6) is -0.326. The van der Waals surface area contributed by atoms with Crippen LogP contribution in [-0.2, 0) is 4.79 Å². The summed E-state index contributed by atoms with van der Waals surface area (Å²) >= 11 is 0. The summed E-state index contributed by atoms with van der Waals surface area (Å²) in [4.78, 5) is 23.6. The fourth-order valence-electron chi connectivity index (χ4n) is 2.48. The lowest BCUT2D eigenvalue weighted by Gasteiger charge is -2.35. The van der Waals surface area contributed by atoms with Crippen molar-refractivity contribution in [3.63, 3.8) is 0 Å². The van der Waals surface area contributed by atoms with E-state index in [1.807, 2.05) is 0 Å². The van der Waals surface area contributed by atoms with Crippen molar-refractivity contribution >= 4 is 12.0 Å². The molecule has 0 bridgehead atoms. The lowest BCUT2D eigenvalue weighted by atomic mass is 10.0. The molecule has 84 valence electrons. The van der Waals surface area contributed by atoms with Gasteiger partial charge >= 0.3 is 12.0 Å². The topological polar surface area (TPSA) is 69.6 Å². The molecule has 0 radical (unpaired) electrons. The van der Waals surface area contributed by atoms with Gasteiger partial charge in [-0.3, -0.25) is 4.79 Å². The first kappa shape index (κ1) is 10.3. The van der Waals surface area contributed by atoms with Crippen LogP contribution in [0, 0.1) is 5.92 Å². The van der Waals surface area contributed by atoms with Gasteiger partial charge in [0.2, 0.25) is 0 Å². The van der Waals surface area contributed by atoms with E-state index in [0.29, 0.717) is 18.5 Å². The molecule has 2 fully saturated rings. The number of hydrogen-bond donors (Lipinski definition) is 2. The van der Waals surface area contributed by atoms with Gasteiger partial charge in [-0.1, -0.05) is 6.42 Å². The summed E-state index contributed by atoms with van der Waals surface area (Å²) < 4.78 is 0. The fraction of sp³-hybridized carbons (Fsp3) is 0.800. The Morgan fingerprint density at radius 2 is 2.33 bits per heavy atom. The lowest BCUT2D eigenvalue weighted by Crippen LogP contribution is -2.55. The first-order chi connectivity index (χ1) is 7.16. The zero-order valence-electron chi connectivity index (χ0n) is 8.61. The van der Waals surface area contributed by atoms with Crippen LogP contribution in [0.4, 0.5) is 4.79 Å². The van der Waals surface area contributed by atoms with E-state index < -0.39 is 5.97 Å². The number of carbonyl (C=O) groups is 2. The number of carbonyl (C=O) groups excluding carboxylic acids is 1. The molecule has 5 nitrogen and oxygen atoms in total. The molecule has 2 aliphatic rings. The fourth-order valence-corrected chi connectivity index (χ4v) is 2.48. The van der Waals surface area contributed by atoms with Gasteiger partial charge in [-0.25, -0.2) is 4.79 Å². The van der Waals surface area contributed by atoms with Gasteiger partial charge in [-0.15, -0.1) is 0 Å². The third kappa shape index (κ3) is 2.22. The minimum Gasteiger partial charge on any atom is -0.481 e. The van der Waals surface area contributed by atoms with E-state index in [1.165, 1.54) is 6.42 Å². The normalized spacial score (nSPS) is 29.9. The molecule has 0 aromatic rings. The Morgan fingerprint density at radius 1 is 1.53 bits per heavy atom. The number of carboxylic acids is 1. The molecule has 0 aromatic heterocycles. The number of hydrogen-bond acceptors (Lipinski definition) is 2. The largest absolute Gasteiger partial charge is 0.481 e. The van der Waals surface area contributed by atoms with Gasteiger partial charge in [0.15, 0.2) is 0 Å². The Balaban J connectivity index is 1.89. The molecule has 2 rings (SSSR count). The highest BCUT2D eigenvalue weighted by atomic mass is 16.4. The molecule has 1 heterocycles. The van der Waals surface area contributed by atoms with Crippen molar-refractivity contribution in [3.8, 4) is 0 Å². The van der Waals surface area contributed by atoms with Crippen LogP contribution in [0.3, 0.4) is 0 Å². The van der Waals surface area contributed by atoms with Crippen LogP contribution in [0.2, 0.25) is 0 Å². The summed E-state index contributed by atoms with van der Waals surface area (Å²) in [7, 11) is 0. The van der Waals surface area contributed by atoms with Gasteiger partial charge in [0, 0.05) is 19.1 Å². The van der Waals surface area contributed by atoms with Crippen molar-refractivity contribution in [2.45, 2.75) is 31.7 Å². The van der Waals surface area contributed by atoms with Crippen LogP contribution in [0.15, 0.2) is 0 Å². The number of aliphatic carboxylic acids is 1. The van der Waals surface area contributed by atoms with E-state index >= 15 is 0 Å².